The molecular weight excluding hydrogens is 647 g/mol. The molecule has 1 atom stereocenters. The lowest BCUT2D eigenvalue weighted by molar-refractivity contribution is 0.162. The third kappa shape index (κ3) is 6.20. The number of ether oxygens (including phenoxy) is 1. The molecule has 0 aliphatic carbocycles. The zero-order valence-corrected chi connectivity index (χ0v) is 26.1. The number of nitrogen functional groups attached to an aromatic ring is 1. The molecule has 11 heteroatoms. The van der Waals surface area contributed by atoms with Gasteiger partial charge in [-0.15, -0.1) is 24.8 Å². The van der Waals surface area contributed by atoms with Gasteiger partial charge < -0.3 is 15.8 Å². The van der Waals surface area contributed by atoms with Crippen molar-refractivity contribution in [3.63, 3.8) is 0 Å². The smallest absolute Gasteiger partial charge is 0.264 e. The fourth-order valence-electron chi connectivity index (χ4n) is 5.49. The monoisotopic (exact) mass is 676 g/mol. The van der Waals surface area contributed by atoms with Gasteiger partial charge >= 0.3 is 0 Å². The van der Waals surface area contributed by atoms with Crippen LogP contribution in [0.5, 0.6) is 5.75 Å². The van der Waals surface area contributed by atoms with Gasteiger partial charge in [-0.2, -0.15) is 0 Å². The van der Waals surface area contributed by atoms with E-state index in [0.29, 0.717) is 17.7 Å². The first-order chi connectivity index (χ1) is 18.8. The lowest BCUT2D eigenvalue weighted by Gasteiger charge is -2.28. The summed E-state index contributed by atoms with van der Waals surface area (Å²) in [5.74, 6) is 0.767. The van der Waals surface area contributed by atoms with Crippen LogP contribution in [0.25, 0.3) is 10.8 Å². The van der Waals surface area contributed by atoms with Crippen LogP contribution >= 0.6 is 40.7 Å². The highest BCUT2D eigenvalue weighted by atomic mass is 79.9. The summed E-state index contributed by atoms with van der Waals surface area (Å²) in [6, 6.07) is 23.7. The maximum atomic E-state index is 14.1. The van der Waals surface area contributed by atoms with Crippen molar-refractivity contribution < 1.29 is 13.2 Å². The van der Waals surface area contributed by atoms with Crippen molar-refractivity contribution in [3.8, 4) is 5.75 Å². The van der Waals surface area contributed by atoms with Crippen LogP contribution in [0.4, 0.5) is 5.69 Å². The molecule has 0 bridgehead atoms. The minimum Gasteiger partial charge on any atom is -0.490 e. The Morgan fingerprint density at radius 3 is 2.34 bits per heavy atom. The first-order valence-electron chi connectivity index (χ1n) is 13.0. The Hall–Kier alpha value is -2.82. The third-order valence-electron chi connectivity index (χ3n) is 7.50. The number of piperidine rings is 1. The van der Waals surface area contributed by atoms with Gasteiger partial charge in [0.1, 0.15) is 17.7 Å². The molecule has 2 heterocycles. The van der Waals surface area contributed by atoms with Gasteiger partial charge in [-0.25, -0.2) is 8.42 Å². The van der Waals surface area contributed by atoms with E-state index in [9.17, 15) is 8.42 Å². The number of hydrogen-bond acceptors (Lipinski definition) is 5. The highest BCUT2D eigenvalue weighted by Gasteiger charge is 2.39. The first kappa shape index (κ1) is 31.1. The van der Waals surface area contributed by atoms with Crippen molar-refractivity contribution in [3.05, 3.63) is 100 Å². The molecule has 1 unspecified atom stereocenters. The topological polar surface area (TPSA) is 109 Å². The fourth-order valence-corrected chi connectivity index (χ4v) is 7.43. The van der Waals surface area contributed by atoms with Crippen molar-refractivity contribution in [2.75, 3.05) is 17.4 Å². The summed E-state index contributed by atoms with van der Waals surface area (Å²) in [7, 11) is -3.87. The number of rotatable bonds is 6. The molecule has 4 aromatic rings. The minimum absolute atomic E-state index is 0. The van der Waals surface area contributed by atoms with E-state index >= 15 is 0 Å². The molecule has 0 saturated carbocycles. The molecule has 2 aliphatic heterocycles. The predicted octanol–water partition coefficient (Wildman–Crippen LogP) is 6.35. The Bertz CT molecular complexity index is 1680. The second-order valence-electron chi connectivity index (χ2n) is 10.1. The molecule has 4 aromatic carbocycles. The summed E-state index contributed by atoms with van der Waals surface area (Å²) >= 11 is 3.41. The van der Waals surface area contributed by atoms with Crippen molar-refractivity contribution in [1.29, 1.82) is 5.41 Å². The quantitative estimate of drug-likeness (QED) is 0.163. The maximum absolute atomic E-state index is 14.1. The van der Waals surface area contributed by atoms with E-state index in [1.165, 1.54) is 0 Å². The second-order valence-corrected chi connectivity index (χ2v) is 12.8. The van der Waals surface area contributed by atoms with E-state index in [1.54, 1.807) is 28.6 Å². The van der Waals surface area contributed by atoms with Crippen LogP contribution in [0.2, 0.25) is 0 Å². The molecule has 7 nitrogen and oxygen atoms in total. The molecule has 0 radical (unpaired) electrons. The molecule has 41 heavy (non-hydrogen) atoms. The predicted molar refractivity (Wildman–Crippen MR) is 173 cm³/mol. The van der Waals surface area contributed by atoms with Gasteiger partial charge in [0.25, 0.3) is 10.0 Å². The van der Waals surface area contributed by atoms with E-state index in [2.05, 4.69) is 21.2 Å². The van der Waals surface area contributed by atoms with Crippen LogP contribution in [0.3, 0.4) is 0 Å². The number of benzene rings is 4. The Balaban J connectivity index is 0.00000194. The van der Waals surface area contributed by atoms with Crippen molar-refractivity contribution in [1.82, 2.24) is 5.32 Å². The lowest BCUT2D eigenvalue weighted by atomic mass is 9.98. The van der Waals surface area contributed by atoms with Crippen LogP contribution in [-0.2, 0) is 16.4 Å². The fraction of sp³-hybridized carbons (Fsp3) is 0.233. The van der Waals surface area contributed by atoms with E-state index in [4.69, 9.17) is 15.9 Å². The SMILES string of the molecule is Cl.Cl.N=C(N)c1ccc2ccc(C3Cc4cc(OC5CCNCC5)ccc4N3S(=O)(=O)c3ccc(Br)cc3)cc2c1. The number of nitrogens with two attached hydrogens (primary N) is 1. The normalized spacial score (nSPS) is 16.9. The molecule has 4 N–H and O–H groups in total. The zero-order chi connectivity index (χ0) is 27.1. The van der Waals surface area contributed by atoms with Crippen molar-refractivity contribution in [2.24, 2.45) is 5.73 Å². The van der Waals surface area contributed by atoms with Gasteiger partial charge in [-0.3, -0.25) is 9.71 Å². The molecule has 1 fully saturated rings. The van der Waals surface area contributed by atoms with Gasteiger partial charge in [0, 0.05) is 16.5 Å². The lowest BCUT2D eigenvalue weighted by Crippen LogP contribution is -2.34. The highest BCUT2D eigenvalue weighted by molar-refractivity contribution is 9.10. The second kappa shape index (κ2) is 12.6. The summed E-state index contributed by atoms with van der Waals surface area (Å²) < 4.78 is 36.9. The van der Waals surface area contributed by atoms with Crippen LogP contribution in [0.1, 0.15) is 35.6 Å². The number of nitrogens with zero attached hydrogens (tertiary/aromatic N) is 1. The van der Waals surface area contributed by atoms with Gasteiger partial charge in [-0.05, 0) is 102 Å². The number of fused-ring (bicyclic) bond motifs is 2. The molecule has 2 aliphatic rings. The number of amidine groups is 1. The Labute approximate surface area is 261 Å². The summed E-state index contributed by atoms with van der Waals surface area (Å²) in [6.07, 6.45) is 2.57. The van der Waals surface area contributed by atoms with Gasteiger partial charge in [-0.1, -0.05) is 40.2 Å². The molecule has 1 saturated heterocycles. The Kier molecular flexibility index (Phi) is 9.56. The number of nitrogens with one attached hydrogen (secondary N) is 2. The molecular formula is C30H31BrCl2N4O3S. The third-order valence-corrected chi connectivity index (χ3v) is 9.87. The van der Waals surface area contributed by atoms with Crippen molar-refractivity contribution in [2.45, 2.75) is 36.3 Å². The van der Waals surface area contributed by atoms with Crippen LogP contribution < -0.4 is 20.1 Å². The van der Waals surface area contributed by atoms with Crippen molar-refractivity contribution >= 4 is 73.1 Å². The summed E-state index contributed by atoms with van der Waals surface area (Å²) in [5, 5.41) is 13.1. The summed E-state index contributed by atoms with van der Waals surface area (Å²) in [4.78, 5) is 0.234. The molecule has 0 aromatic heterocycles. The zero-order valence-electron chi connectivity index (χ0n) is 22.0. The standard InChI is InChI=1S/C30H29BrN4O3S.2ClH/c31-24-5-8-27(9-6-24)39(36,37)35-28-10-7-26(38-25-11-13-34-14-12-25)17-23(28)18-29(35)20-3-1-19-2-4-21(30(32)33)16-22(19)15-20;;/h1-10,15-17,25,29,34H,11-14,18H2,(H3,32,33);2*1H. The number of sulfonamides is 1. The van der Waals surface area contributed by atoms with E-state index in [-0.39, 0.29) is 41.6 Å². The molecule has 0 spiro atoms. The number of halogens is 3. The molecule has 6 rings (SSSR count). The van der Waals surface area contributed by atoms with Crippen LogP contribution in [-0.4, -0.2) is 33.4 Å². The Morgan fingerprint density at radius 2 is 1.63 bits per heavy atom. The minimum atomic E-state index is -3.87. The van der Waals surface area contributed by atoms with Gasteiger partial charge in [0.05, 0.1) is 16.6 Å². The summed E-state index contributed by atoms with van der Waals surface area (Å²) in [5.41, 5.74) is 8.84. The highest BCUT2D eigenvalue weighted by Crippen LogP contribution is 2.46. The average molecular weight is 678 g/mol. The maximum Gasteiger partial charge on any atom is 0.264 e. The summed E-state index contributed by atoms with van der Waals surface area (Å²) in [6.45, 7) is 1.87. The molecule has 0 amide bonds. The van der Waals surface area contributed by atoms with E-state index < -0.39 is 16.1 Å². The van der Waals surface area contributed by atoms with Gasteiger partial charge in [0.2, 0.25) is 0 Å². The van der Waals surface area contributed by atoms with Crippen LogP contribution in [0.15, 0.2) is 88.2 Å². The van der Waals surface area contributed by atoms with E-state index in [0.717, 1.165) is 58.1 Å². The van der Waals surface area contributed by atoms with Gasteiger partial charge in [0.15, 0.2) is 0 Å². The largest absolute Gasteiger partial charge is 0.490 e. The number of anilines is 1. The Morgan fingerprint density at radius 1 is 0.927 bits per heavy atom. The molecule has 216 valence electrons. The first-order valence-corrected chi connectivity index (χ1v) is 15.2. The number of hydrogen-bond donors (Lipinski definition) is 3. The average Bonchev–Trinajstić information content (AvgIpc) is 3.33. The van der Waals surface area contributed by atoms with E-state index in [1.807, 2.05) is 54.6 Å². The van der Waals surface area contributed by atoms with Crippen LogP contribution in [0, 0.1) is 5.41 Å².